The second kappa shape index (κ2) is 3.36. The van der Waals surface area contributed by atoms with Gasteiger partial charge in [0, 0.05) is 0 Å². The van der Waals surface area contributed by atoms with E-state index in [1.54, 1.807) is 0 Å². The van der Waals surface area contributed by atoms with E-state index in [1.165, 1.54) is 12.3 Å². The molecule has 1 unspecified atom stereocenters. The summed E-state index contributed by atoms with van der Waals surface area (Å²) in [4.78, 5) is 9.66. The predicted molar refractivity (Wildman–Crippen MR) is 27.4 cm³/mol. The first-order chi connectivity index (χ1) is 3.31. The fourth-order valence-corrected chi connectivity index (χ4v) is 0.174. The Balaban J connectivity index is 3.35. The number of carbonyl (C=O) groups is 1. The van der Waals surface area contributed by atoms with Crippen LogP contribution in [0.3, 0.4) is 0 Å². The first-order valence-electron chi connectivity index (χ1n) is 1.90. The van der Waals surface area contributed by atoms with E-state index in [4.69, 9.17) is 11.5 Å². The van der Waals surface area contributed by atoms with Gasteiger partial charge in [0.2, 0.25) is 0 Å². The molecule has 0 amide bonds. The molecule has 0 radical (unpaired) electrons. The van der Waals surface area contributed by atoms with E-state index >= 15 is 0 Å². The molecule has 0 aromatic heterocycles. The largest absolute Gasteiger partial charge is 0.405 e. The molecule has 0 aliphatic heterocycles. The zero-order valence-corrected chi connectivity index (χ0v) is 3.87. The SMILES string of the molecule is N/C=C\C(N)C=O. The molecule has 1 atom stereocenters. The average molecular weight is 100 g/mol. The maximum atomic E-state index is 9.66. The van der Waals surface area contributed by atoms with Crippen molar-refractivity contribution in [3.05, 3.63) is 12.3 Å². The Morgan fingerprint density at radius 3 is 2.29 bits per heavy atom. The molecule has 0 aromatic rings. The van der Waals surface area contributed by atoms with Gasteiger partial charge in [-0.15, -0.1) is 0 Å². The van der Waals surface area contributed by atoms with E-state index in [0.717, 1.165) is 0 Å². The van der Waals surface area contributed by atoms with Gasteiger partial charge in [-0.2, -0.15) is 0 Å². The van der Waals surface area contributed by atoms with Crippen molar-refractivity contribution in [2.24, 2.45) is 11.5 Å². The van der Waals surface area contributed by atoms with Gasteiger partial charge in [0.15, 0.2) is 0 Å². The van der Waals surface area contributed by atoms with Crippen LogP contribution in [0, 0.1) is 0 Å². The van der Waals surface area contributed by atoms with Crippen molar-refractivity contribution in [1.29, 1.82) is 0 Å². The summed E-state index contributed by atoms with van der Waals surface area (Å²) < 4.78 is 0. The minimum Gasteiger partial charge on any atom is -0.405 e. The molecule has 3 heteroatoms. The highest BCUT2D eigenvalue weighted by Gasteiger charge is 1.86. The summed E-state index contributed by atoms with van der Waals surface area (Å²) in [6, 6.07) is -0.537. The summed E-state index contributed by atoms with van der Waals surface area (Å²) >= 11 is 0. The lowest BCUT2D eigenvalue weighted by Crippen LogP contribution is -2.18. The fraction of sp³-hybridized carbons (Fsp3) is 0.250. The van der Waals surface area contributed by atoms with E-state index in [9.17, 15) is 4.79 Å². The van der Waals surface area contributed by atoms with Gasteiger partial charge in [0.1, 0.15) is 6.29 Å². The highest BCUT2D eigenvalue weighted by molar-refractivity contribution is 5.60. The Hall–Kier alpha value is -0.830. The van der Waals surface area contributed by atoms with E-state index in [-0.39, 0.29) is 0 Å². The van der Waals surface area contributed by atoms with Gasteiger partial charge in [0.25, 0.3) is 0 Å². The van der Waals surface area contributed by atoms with E-state index in [2.05, 4.69) is 0 Å². The van der Waals surface area contributed by atoms with Gasteiger partial charge >= 0.3 is 0 Å². The van der Waals surface area contributed by atoms with Crippen molar-refractivity contribution >= 4 is 6.29 Å². The third-order valence-corrected chi connectivity index (χ3v) is 0.490. The first kappa shape index (κ1) is 6.17. The summed E-state index contributed by atoms with van der Waals surface area (Å²) in [6.45, 7) is 0. The zero-order chi connectivity index (χ0) is 5.70. The molecule has 0 aliphatic carbocycles. The Morgan fingerprint density at radius 2 is 2.14 bits per heavy atom. The van der Waals surface area contributed by atoms with Gasteiger partial charge < -0.3 is 16.3 Å². The lowest BCUT2D eigenvalue weighted by Gasteiger charge is -1.87. The summed E-state index contributed by atoms with van der Waals surface area (Å²) in [7, 11) is 0. The Bertz CT molecular complexity index is 79.8. The molecule has 0 saturated heterocycles. The fourth-order valence-electron chi connectivity index (χ4n) is 0.174. The van der Waals surface area contributed by atoms with Gasteiger partial charge in [0.05, 0.1) is 6.04 Å². The minimum absolute atomic E-state index is 0.537. The molecule has 0 aromatic carbocycles. The van der Waals surface area contributed by atoms with Crippen molar-refractivity contribution in [1.82, 2.24) is 0 Å². The highest BCUT2D eigenvalue weighted by Crippen LogP contribution is 1.68. The number of aldehydes is 1. The second-order valence-corrected chi connectivity index (χ2v) is 1.10. The van der Waals surface area contributed by atoms with Crippen molar-refractivity contribution in [3.63, 3.8) is 0 Å². The lowest BCUT2D eigenvalue weighted by molar-refractivity contribution is -0.108. The molecule has 0 spiro atoms. The molecule has 3 nitrogen and oxygen atoms in total. The van der Waals surface area contributed by atoms with E-state index in [0.29, 0.717) is 6.29 Å². The van der Waals surface area contributed by atoms with Gasteiger partial charge in [-0.1, -0.05) is 0 Å². The molecule has 7 heavy (non-hydrogen) atoms. The van der Waals surface area contributed by atoms with Crippen LogP contribution in [0.15, 0.2) is 12.3 Å². The van der Waals surface area contributed by atoms with Crippen LogP contribution in [0.1, 0.15) is 0 Å². The van der Waals surface area contributed by atoms with Crippen molar-refractivity contribution < 1.29 is 4.79 Å². The van der Waals surface area contributed by atoms with Gasteiger partial charge in [-0.25, -0.2) is 0 Å². The molecular formula is C4H8N2O. The smallest absolute Gasteiger partial charge is 0.140 e. The minimum atomic E-state index is -0.537. The van der Waals surface area contributed by atoms with Gasteiger partial charge in [-0.05, 0) is 12.3 Å². The number of rotatable bonds is 2. The predicted octanol–water partition coefficient (Wildman–Crippen LogP) is -1.02. The molecule has 4 N–H and O–H groups in total. The molecule has 0 bridgehead atoms. The molecule has 0 saturated carbocycles. The molecule has 0 heterocycles. The Kier molecular flexibility index (Phi) is 2.96. The maximum absolute atomic E-state index is 9.66. The van der Waals surface area contributed by atoms with Crippen LogP contribution in [-0.2, 0) is 4.79 Å². The normalized spacial score (nSPS) is 14.4. The number of hydrogen-bond donors (Lipinski definition) is 2. The Morgan fingerprint density at radius 1 is 1.57 bits per heavy atom. The van der Waals surface area contributed by atoms with Crippen LogP contribution in [-0.4, -0.2) is 12.3 Å². The van der Waals surface area contributed by atoms with Crippen LogP contribution in [0.5, 0.6) is 0 Å². The molecule has 0 aliphatic rings. The first-order valence-corrected chi connectivity index (χ1v) is 1.90. The monoisotopic (exact) mass is 100 g/mol. The topological polar surface area (TPSA) is 69.1 Å². The van der Waals surface area contributed by atoms with Crippen LogP contribution in [0.25, 0.3) is 0 Å². The van der Waals surface area contributed by atoms with Crippen LogP contribution >= 0.6 is 0 Å². The standard InChI is InChI=1S/C4H8N2O/c5-2-1-4(6)3-7/h1-4H,5-6H2/b2-1-. The maximum Gasteiger partial charge on any atom is 0.140 e. The molecule has 0 rings (SSSR count). The van der Waals surface area contributed by atoms with Gasteiger partial charge in [-0.3, -0.25) is 0 Å². The number of nitrogens with two attached hydrogens (primary N) is 2. The molecule has 40 valence electrons. The Labute approximate surface area is 42.0 Å². The number of hydrogen-bond acceptors (Lipinski definition) is 3. The summed E-state index contributed by atoms with van der Waals surface area (Å²) in [5.41, 5.74) is 9.93. The third kappa shape index (κ3) is 2.99. The van der Waals surface area contributed by atoms with Crippen LogP contribution < -0.4 is 11.5 Å². The molecule has 0 fully saturated rings. The lowest BCUT2D eigenvalue weighted by atomic mass is 10.3. The summed E-state index contributed by atoms with van der Waals surface area (Å²) in [6.07, 6.45) is 3.27. The van der Waals surface area contributed by atoms with Crippen LogP contribution in [0.4, 0.5) is 0 Å². The average Bonchev–Trinajstić information content (AvgIpc) is 1.68. The van der Waals surface area contributed by atoms with Crippen molar-refractivity contribution in [2.75, 3.05) is 0 Å². The van der Waals surface area contributed by atoms with E-state index in [1.807, 2.05) is 0 Å². The zero-order valence-electron chi connectivity index (χ0n) is 3.87. The molecular weight excluding hydrogens is 92.1 g/mol. The second-order valence-electron chi connectivity index (χ2n) is 1.10. The third-order valence-electron chi connectivity index (χ3n) is 0.490. The van der Waals surface area contributed by atoms with Crippen molar-refractivity contribution in [3.8, 4) is 0 Å². The van der Waals surface area contributed by atoms with Crippen molar-refractivity contribution in [2.45, 2.75) is 6.04 Å². The van der Waals surface area contributed by atoms with Crippen LogP contribution in [0.2, 0.25) is 0 Å². The highest BCUT2D eigenvalue weighted by atomic mass is 16.1. The number of carbonyl (C=O) groups excluding carboxylic acids is 1. The summed E-state index contributed by atoms with van der Waals surface area (Å²) in [5, 5.41) is 0. The van der Waals surface area contributed by atoms with E-state index < -0.39 is 6.04 Å². The summed E-state index contributed by atoms with van der Waals surface area (Å²) in [5.74, 6) is 0. The quantitative estimate of drug-likeness (QED) is 0.436.